The van der Waals surface area contributed by atoms with Crippen molar-refractivity contribution in [3.05, 3.63) is 95.0 Å². The molecule has 0 amide bonds. The second-order valence-corrected chi connectivity index (χ2v) is 11.2. The van der Waals surface area contributed by atoms with Crippen LogP contribution in [0.2, 0.25) is 5.02 Å². The normalized spacial score (nSPS) is 18.0. The molecule has 0 N–H and O–H groups in total. The maximum Gasteiger partial charge on any atom is 0.284 e. The average Bonchev–Trinajstić information content (AvgIpc) is 3.04. The molecule has 0 aliphatic carbocycles. The third-order valence-corrected chi connectivity index (χ3v) is 8.83. The lowest BCUT2D eigenvalue weighted by molar-refractivity contribution is 0.593. The molecule has 10 heteroatoms. The Bertz CT molecular complexity index is 1230. The van der Waals surface area contributed by atoms with Crippen molar-refractivity contribution in [2.24, 2.45) is 4.40 Å². The van der Waals surface area contributed by atoms with E-state index in [1.807, 2.05) is 37.3 Å². The Morgan fingerprint density at radius 3 is 2.26 bits per heavy atom. The molecule has 1 unspecified atom stereocenters. The third kappa shape index (κ3) is 4.95. The van der Waals surface area contributed by atoms with Crippen LogP contribution in [0.1, 0.15) is 11.1 Å². The lowest BCUT2D eigenvalue weighted by Gasteiger charge is -2.17. The maximum absolute atomic E-state index is 13.3. The molecule has 1 aliphatic heterocycles. The van der Waals surface area contributed by atoms with Crippen molar-refractivity contribution in [1.82, 2.24) is 4.31 Å². The van der Waals surface area contributed by atoms with E-state index in [0.29, 0.717) is 10.7 Å². The minimum atomic E-state index is -3.98. The largest absolute Gasteiger partial charge is 0.284 e. The SMILES string of the molecule is Cc1ccc(S(=O)(=O)N=C2SN(c3ccc(Cl)cc3)S(=O)N2Cc2ccccc2)cc1. The van der Waals surface area contributed by atoms with Crippen molar-refractivity contribution in [1.29, 1.82) is 0 Å². The minimum Gasteiger partial charge on any atom is -0.245 e. The molecular weight excluding hydrogens is 474 g/mol. The van der Waals surface area contributed by atoms with E-state index in [1.54, 1.807) is 36.4 Å². The van der Waals surface area contributed by atoms with E-state index in [2.05, 4.69) is 4.40 Å². The number of amidine groups is 1. The van der Waals surface area contributed by atoms with Gasteiger partial charge in [0.2, 0.25) is 16.3 Å². The molecule has 1 fully saturated rings. The molecule has 1 saturated heterocycles. The highest BCUT2D eigenvalue weighted by Crippen LogP contribution is 2.37. The van der Waals surface area contributed by atoms with Gasteiger partial charge in [-0.2, -0.15) is 8.42 Å². The van der Waals surface area contributed by atoms with E-state index in [9.17, 15) is 12.6 Å². The molecule has 0 spiro atoms. The van der Waals surface area contributed by atoms with Crippen molar-refractivity contribution in [2.45, 2.75) is 18.4 Å². The second kappa shape index (κ2) is 9.04. The first-order valence-electron chi connectivity index (χ1n) is 9.22. The van der Waals surface area contributed by atoms with Gasteiger partial charge in [-0.3, -0.25) is 0 Å². The summed E-state index contributed by atoms with van der Waals surface area (Å²) in [5.41, 5.74) is 2.46. The van der Waals surface area contributed by atoms with Crippen LogP contribution in [-0.2, 0) is 27.7 Å². The van der Waals surface area contributed by atoms with Crippen LogP contribution in [-0.4, -0.2) is 22.1 Å². The van der Waals surface area contributed by atoms with E-state index in [1.165, 1.54) is 20.1 Å². The summed E-state index contributed by atoms with van der Waals surface area (Å²) in [7, 11) is -3.98. The van der Waals surface area contributed by atoms with E-state index < -0.39 is 21.2 Å². The van der Waals surface area contributed by atoms with Crippen molar-refractivity contribution in [2.75, 3.05) is 3.71 Å². The Labute approximate surface area is 193 Å². The first kappa shape index (κ1) is 21.9. The Morgan fingerprint density at radius 1 is 0.968 bits per heavy atom. The van der Waals surface area contributed by atoms with Gasteiger partial charge in [0.1, 0.15) is 0 Å². The van der Waals surface area contributed by atoms with E-state index in [4.69, 9.17) is 11.6 Å². The van der Waals surface area contributed by atoms with E-state index >= 15 is 0 Å². The maximum atomic E-state index is 13.3. The lowest BCUT2D eigenvalue weighted by atomic mass is 10.2. The third-order valence-electron chi connectivity index (χ3n) is 4.43. The van der Waals surface area contributed by atoms with Crippen LogP contribution >= 0.6 is 23.5 Å². The number of hydrogen-bond acceptors (Lipinski definition) is 4. The molecule has 1 aliphatic rings. The van der Waals surface area contributed by atoms with E-state index in [-0.39, 0.29) is 16.6 Å². The number of aryl methyl sites for hydroxylation is 1. The Hall–Kier alpha value is -2.33. The number of hydrogen-bond donors (Lipinski definition) is 0. The van der Waals surface area contributed by atoms with Crippen LogP contribution in [0, 0.1) is 6.92 Å². The number of benzene rings is 3. The zero-order valence-corrected chi connectivity index (χ0v) is 19.6. The Kier molecular flexibility index (Phi) is 6.38. The van der Waals surface area contributed by atoms with Gasteiger partial charge in [-0.1, -0.05) is 59.6 Å². The van der Waals surface area contributed by atoms with Gasteiger partial charge in [0, 0.05) is 17.0 Å². The Morgan fingerprint density at radius 2 is 1.61 bits per heavy atom. The van der Waals surface area contributed by atoms with Gasteiger partial charge in [0.25, 0.3) is 10.0 Å². The number of nitrogens with zero attached hydrogens (tertiary/aromatic N) is 3. The van der Waals surface area contributed by atoms with Crippen LogP contribution in [0.3, 0.4) is 0 Å². The molecule has 0 radical (unpaired) electrons. The molecular formula is C21H18ClN3O3S3. The van der Waals surface area contributed by atoms with Gasteiger partial charge in [0.15, 0.2) is 0 Å². The van der Waals surface area contributed by atoms with Crippen LogP contribution in [0.25, 0.3) is 0 Å². The smallest absolute Gasteiger partial charge is 0.245 e. The summed E-state index contributed by atoms with van der Waals surface area (Å²) < 4.78 is 46.2. The summed E-state index contributed by atoms with van der Waals surface area (Å²) >= 11 is 5.30. The van der Waals surface area contributed by atoms with Crippen molar-refractivity contribution < 1.29 is 12.6 Å². The summed E-state index contributed by atoms with van der Waals surface area (Å²) in [4.78, 5) is 0.0848. The first-order chi connectivity index (χ1) is 14.8. The van der Waals surface area contributed by atoms with Crippen LogP contribution in [0.15, 0.2) is 88.2 Å². The van der Waals surface area contributed by atoms with Gasteiger partial charge >= 0.3 is 0 Å². The summed E-state index contributed by atoms with van der Waals surface area (Å²) in [5.74, 6) is 0. The fourth-order valence-corrected chi connectivity index (χ4v) is 6.74. The molecule has 3 aromatic carbocycles. The number of sulfonamides is 1. The molecule has 31 heavy (non-hydrogen) atoms. The predicted octanol–water partition coefficient (Wildman–Crippen LogP) is 4.94. The van der Waals surface area contributed by atoms with Crippen molar-refractivity contribution in [3.63, 3.8) is 0 Å². The summed E-state index contributed by atoms with van der Waals surface area (Å²) in [6, 6.07) is 22.7. The molecule has 4 rings (SSSR count). The molecule has 6 nitrogen and oxygen atoms in total. The molecule has 1 atom stereocenters. The van der Waals surface area contributed by atoms with E-state index in [0.717, 1.165) is 23.1 Å². The first-order valence-corrected chi connectivity index (χ1v) is 12.9. The fourth-order valence-electron chi connectivity index (χ4n) is 2.81. The fraction of sp³-hybridized carbons (Fsp3) is 0.0952. The molecule has 0 bridgehead atoms. The average molecular weight is 492 g/mol. The molecule has 0 saturated carbocycles. The van der Waals surface area contributed by atoms with Gasteiger partial charge in [0.05, 0.1) is 17.1 Å². The Balaban J connectivity index is 1.73. The van der Waals surface area contributed by atoms with Crippen molar-refractivity contribution in [3.8, 4) is 0 Å². The van der Waals surface area contributed by atoms with Gasteiger partial charge in [-0.25, -0.2) is 12.2 Å². The van der Waals surface area contributed by atoms with Crippen LogP contribution in [0.5, 0.6) is 0 Å². The zero-order valence-electron chi connectivity index (χ0n) is 16.4. The van der Waals surface area contributed by atoms with Gasteiger partial charge in [-0.15, -0.1) is 4.40 Å². The monoisotopic (exact) mass is 491 g/mol. The highest BCUT2D eigenvalue weighted by molar-refractivity contribution is 8.26. The summed E-state index contributed by atoms with van der Waals surface area (Å²) in [6.07, 6.45) is 0. The number of anilines is 1. The zero-order chi connectivity index (χ0) is 22.0. The lowest BCUT2D eigenvalue weighted by Crippen LogP contribution is -2.28. The predicted molar refractivity (Wildman–Crippen MR) is 127 cm³/mol. The second-order valence-electron chi connectivity index (χ2n) is 6.74. The molecule has 160 valence electrons. The van der Waals surface area contributed by atoms with Crippen molar-refractivity contribution >= 4 is 55.6 Å². The minimum absolute atomic E-state index is 0.0848. The quantitative estimate of drug-likeness (QED) is 0.474. The molecule has 3 aromatic rings. The topological polar surface area (TPSA) is 70.0 Å². The highest BCUT2D eigenvalue weighted by Gasteiger charge is 2.37. The van der Waals surface area contributed by atoms with Crippen LogP contribution in [0.4, 0.5) is 5.69 Å². The number of rotatable bonds is 5. The summed E-state index contributed by atoms with van der Waals surface area (Å²) in [6.45, 7) is 2.12. The number of halogens is 1. The molecule has 1 heterocycles. The highest BCUT2D eigenvalue weighted by atomic mass is 35.5. The standard InChI is InChI=1S/C21H18ClN3O3S3/c1-16-7-13-20(14-8-16)31(27,28)23-21-24(15-17-5-3-2-4-6-17)30(26)25(29-21)19-11-9-18(22)10-12-19/h2-14H,15H2,1H3. The van der Waals surface area contributed by atoms with Crippen LogP contribution < -0.4 is 3.71 Å². The van der Waals surface area contributed by atoms with Gasteiger partial charge in [-0.05, 0) is 48.9 Å². The molecule has 0 aromatic heterocycles. The van der Waals surface area contributed by atoms with Gasteiger partial charge < -0.3 is 0 Å². The summed E-state index contributed by atoms with van der Waals surface area (Å²) in [5, 5.41) is 0.688.